The van der Waals surface area contributed by atoms with Crippen LogP contribution in [0.3, 0.4) is 0 Å². The highest BCUT2D eigenvalue weighted by Gasteiger charge is 2.42. The lowest BCUT2D eigenvalue weighted by Crippen LogP contribution is -2.54. The standard InChI is InChI=1S/C7H15O9P/c8-2-4(10)7-6(11)3(9)1-5(15-7)16-17(12,13)14/h3-11H,1-2H2,(H2,12,13,14)/t3-,4-,5?,6+,7-/m1/s1. The molecule has 0 spiro atoms. The van der Waals surface area contributed by atoms with Crippen molar-refractivity contribution in [2.75, 3.05) is 6.61 Å². The van der Waals surface area contributed by atoms with Crippen LogP contribution in [0.4, 0.5) is 0 Å². The first-order valence-electron chi connectivity index (χ1n) is 4.79. The predicted molar refractivity (Wildman–Crippen MR) is 51.5 cm³/mol. The van der Waals surface area contributed by atoms with E-state index in [1.54, 1.807) is 0 Å². The summed E-state index contributed by atoms with van der Waals surface area (Å²) < 4.78 is 19.6. The summed E-state index contributed by atoms with van der Waals surface area (Å²) in [6.45, 7) is -0.739. The molecule has 0 bridgehead atoms. The molecule has 0 saturated carbocycles. The highest BCUT2D eigenvalue weighted by Crippen LogP contribution is 2.40. The van der Waals surface area contributed by atoms with Gasteiger partial charge >= 0.3 is 7.82 Å². The summed E-state index contributed by atoms with van der Waals surface area (Å²) in [7, 11) is -4.81. The molecule has 1 aliphatic heterocycles. The molecule has 1 saturated heterocycles. The highest BCUT2D eigenvalue weighted by atomic mass is 31.2. The van der Waals surface area contributed by atoms with Gasteiger partial charge in [0.1, 0.15) is 18.3 Å². The largest absolute Gasteiger partial charge is 0.471 e. The van der Waals surface area contributed by atoms with Crippen molar-refractivity contribution in [2.24, 2.45) is 0 Å². The van der Waals surface area contributed by atoms with Gasteiger partial charge in [-0.3, -0.25) is 4.52 Å². The van der Waals surface area contributed by atoms with Crippen LogP contribution in [-0.4, -0.2) is 67.5 Å². The monoisotopic (exact) mass is 274 g/mol. The molecular weight excluding hydrogens is 259 g/mol. The maximum Gasteiger partial charge on any atom is 0.471 e. The molecule has 0 aliphatic carbocycles. The predicted octanol–water partition coefficient (Wildman–Crippen LogP) is -2.71. The number of ether oxygens (including phenoxy) is 1. The molecular formula is C7H15O9P. The van der Waals surface area contributed by atoms with E-state index in [2.05, 4.69) is 4.52 Å². The molecule has 10 heteroatoms. The summed E-state index contributed by atoms with van der Waals surface area (Å²) in [5, 5.41) is 36.8. The highest BCUT2D eigenvalue weighted by molar-refractivity contribution is 7.46. The van der Waals surface area contributed by atoms with E-state index in [-0.39, 0.29) is 6.42 Å². The van der Waals surface area contributed by atoms with E-state index in [0.717, 1.165) is 0 Å². The van der Waals surface area contributed by atoms with Crippen molar-refractivity contribution in [3.05, 3.63) is 0 Å². The maximum absolute atomic E-state index is 10.6. The SMILES string of the molecule is O=P(O)(O)OC1C[C@@H](O)[C@H](O)[C@@H]([C@H](O)CO)O1. The van der Waals surface area contributed by atoms with Crippen LogP contribution in [0.2, 0.25) is 0 Å². The van der Waals surface area contributed by atoms with Gasteiger partial charge < -0.3 is 34.9 Å². The second-order valence-corrected chi connectivity index (χ2v) is 4.86. The van der Waals surface area contributed by atoms with Gasteiger partial charge in [-0.1, -0.05) is 0 Å². The third-order valence-corrected chi connectivity index (χ3v) is 2.80. The Kier molecular flexibility index (Phi) is 5.02. The fraction of sp³-hybridized carbons (Fsp3) is 1.00. The summed E-state index contributed by atoms with van der Waals surface area (Å²) >= 11 is 0. The van der Waals surface area contributed by atoms with E-state index in [4.69, 9.17) is 19.6 Å². The van der Waals surface area contributed by atoms with Gasteiger partial charge in [-0.05, 0) is 0 Å². The average Bonchev–Trinajstić information content (AvgIpc) is 2.19. The average molecular weight is 274 g/mol. The Labute approximate surface area is 96.5 Å². The summed E-state index contributed by atoms with van der Waals surface area (Å²) in [4.78, 5) is 17.1. The number of aliphatic hydroxyl groups is 4. The number of hydrogen-bond acceptors (Lipinski definition) is 7. The van der Waals surface area contributed by atoms with Crippen LogP contribution in [0.5, 0.6) is 0 Å². The van der Waals surface area contributed by atoms with Crippen molar-refractivity contribution in [1.29, 1.82) is 0 Å². The van der Waals surface area contributed by atoms with Crippen LogP contribution in [0.15, 0.2) is 0 Å². The smallest absolute Gasteiger partial charge is 0.394 e. The normalized spacial score (nSPS) is 36.8. The molecule has 102 valence electrons. The fourth-order valence-electron chi connectivity index (χ4n) is 1.51. The van der Waals surface area contributed by atoms with E-state index >= 15 is 0 Å². The van der Waals surface area contributed by atoms with Crippen LogP contribution in [0, 0.1) is 0 Å². The first kappa shape index (κ1) is 15.0. The van der Waals surface area contributed by atoms with E-state index in [1.807, 2.05) is 0 Å². The molecule has 1 aliphatic rings. The van der Waals surface area contributed by atoms with Crippen molar-refractivity contribution in [3.8, 4) is 0 Å². The van der Waals surface area contributed by atoms with Crippen molar-refractivity contribution in [3.63, 3.8) is 0 Å². The van der Waals surface area contributed by atoms with Gasteiger partial charge in [0.25, 0.3) is 0 Å². The molecule has 5 atom stereocenters. The van der Waals surface area contributed by atoms with Gasteiger partial charge in [-0.25, -0.2) is 4.57 Å². The summed E-state index contributed by atoms with van der Waals surface area (Å²) in [6, 6.07) is 0. The molecule has 6 N–H and O–H groups in total. The Bertz CT molecular complexity index is 291. The lowest BCUT2D eigenvalue weighted by molar-refractivity contribution is -0.251. The zero-order chi connectivity index (χ0) is 13.2. The van der Waals surface area contributed by atoms with Crippen LogP contribution >= 0.6 is 7.82 Å². The second kappa shape index (κ2) is 5.70. The summed E-state index contributed by atoms with van der Waals surface area (Å²) in [5.41, 5.74) is 0. The van der Waals surface area contributed by atoms with Crippen molar-refractivity contribution < 1.29 is 44.0 Å². The molecule has 0 radical (unpaired) electrons. The van der Waals surface area contributed by atoms with Gasteiger partial charge in [0.2, 0.25) is 0 Å². The molecule has 1 rings (SSSR count). The molecule has 1 fully saturated rings. The third-order valence-electron chi connectivity index (χ3n) is 2.29. The van der Waals surface area contributed by atoms with Crippen molar-refractivity contribution >= 4 is 7.82 Å². The van der Waals surface area contributed by atoms with Crippen LogP contribution in [-0.2, 0) is 13.8 Å². The quantitative estimate of drug-likeness (QED) is 0.300. The number of phosphoric ester groups is 1. The Balaban J connectivity index is 2.70. The lowest BCUT2D eigenvalue weighted by Gasteiger charge is -2.38. The van der Waals surface area contributed by atoms with Crippen molar-refractivity contribution in [2.45, 2.75) is 37.1 Å². The van der Waals surface area contributed by atoms with E-state index in [1.165, 1.54) is 0 Å². The van der Waals surface area contributed by atoms with Gasteiger partial charge in [-0.15, -0.1) is 0 Å². The number of aliphatic hydroxyl groups excluding tert-OH is 4. The Morgan fingerprint density at radius 1 is 1.41 bits per heavy atom. The first-order valence-corrected chi connectivity index (χ1v) is 6.32. The van der Waals surface area contributed by atoms with Crippen LogP contribution in [0.25, 0.3) is 0 Å². The van der Waals surface area contributed by atoms with Crippen LogP contribution < -0.4 is 0 Å². The fourth-order valence-corrected chi connectivity index (χ4v) is 1.95. The maximum atomic E-state index is 10.6. The van der Waals surface area contributed by atoms with Crippen molar-refractivity contribution in [1.82, 2.24) is 0 Å². The van der Waals surface area contributed by atoms with E-state index in [0.29, 0.717) is 0 Å². The Morgan fingerprint density at radius 3 is 2.47 bits per heavy atom. The van der Waals surface area contributed by atoms with Gasteiger partial charge in [0, 0.05) is 6.42 Å². The molecule has 9 nitrogen and oxygen atoms in total. The van der Waals surface area contributed by atoms with Gasteiger partial charge in [0.05, 0.1) is 12.7 Å². The number of phosphoric acid groups is 1. The summed E-state index contributed by atoms with van der Waals surface area (Å²) in [6.07, 6.45) is -7.58. The first-order chi connectivity index (χ1) is 7.74. The minimum absolute atomic E-state index is 0.360. The zero-order valence-electron chi connectivity index (χ0n) is 8.66. The summed E-state index contributed by atoms with van der Waals surface area (Å²) in [5.74, 6) is 0. The lowest BCUT2D eigenvalue weighted by atomic mass is 9.98. The van der Waals surface area contributed by atoms with E-state index in [9.17, 15) is 19.9 Å². The van der Waals surface area contributed by atoms with E-state index < -0.39 is 45.1 Å². The number of rotatable bonds is 4. The zero-order valence-corrected chi connectivity index (χ0v) is 9.55. The molecule has 1 unspecified atom stereocenters. The second-order valence-electron chi connectivity index (χ2n) is 3.67. The Hall–Kier alpha value is -0.0900. The minimum atomic E-state index is -4.81. The third kappa shape index (κ3) is 4.25. The van der Waals surface area contributed by atoms with Gasteiger partial charge in [0.15, 0.2) is 6.29 Å². The molecule has 0 aromatic rings. The molecule has 0 aromatic carbocycles. The van der Waals surface area contributed by atoms with Crippen LogP contribution in [0.1, 0.15) is 6.42 Å². The minimum Gasteiger partial charge on any atom is -0.394 e. The molecule has 0 aromatic heterocycles. The molecule has 17 heavy (non-hydrogen) atoms. The molecule has 0 amide bonds. The Morgan fingerprint density at radius 2 is 2.00 bits per heavy atom. The van der Waals surface area contributed by atoms with Gasteiger partial charge in [-0.2, -0.15) is 0 Å². The topological polar surface area (TPSA) is 157 Å². The molecule has 1 heterocycles. The number of hydrogen-bond donors (Lipinski definition) is 6.